The van der Waals surface area contributed by atoms with Crippen LogP contribution < -0.4 is 5.32 Å². The molecule has 94 valence electrons. The van der Waals surface area contributed by atoms with Gasteiger partial charge in [0.05, 0.1) is 11.8 Å². The highest BCUT2D eigenvalue weighted by Gasteiger charge is 2.10. The SMILES string of the molecule is O=C(NCCCN1CCCCC1)c1ccoc1. The number of hydrogen-bond donors (Lipinski definition) is 1. The van der Waals surface area contributed by atoms with Gasteiger partial charge in [-0.3, -0.25) is 4.79 Å². The van der Waals surface area contributed by atoms with Crippen molar-refractivity contribution in [3.05, 3.63) is 24.2 Å². The molecule has 1 aromatic heterocycles. The van der Waals surface area contributed by atoms with E-state index in [1.165, 1.54) is 44.9 Å². The maximum Gasteiger partial charge on any atom is 0.254 e. The van der Waals surface area contributed by atoms with E-state index in [2.05, 4.69) is 10.2 Å². The first-order chi connectivity index (χ1) is 8.36. The van der Waals surface area contributed by atoms with Crippen LogP contribution in [0.5, 0.6) is 0 Å². The lowest BCUT2D eigenvalue weighted by atomic mass is 10.1. The number of hydrogen-bond acceptors (Lipinski definition) is 3. The Kier molecular flexibility index (Phi) is 4.62. The third kappa shape index (κ3) is 3.89. The molecule has 0 aromatic carbocycles. The Morgan fingerprint density at radius 2 is 2.18 bits per heavy atom. The Morgan fingerprint density at radius 1 is 1.35 bits per heavy atom. The number of piperidine rings is 1. The van der Waals surface area contributed by atoms with Crippen LogP contribution in [0.2, 0.25) is 0 Å². The molecular formula is C13H20N2O2. The van der Waals surface area contributed by atoms with Crippen LogP contribution in [0, 0.1) is 0 Å². The number of rotatable bonds is 5. The Morgan fingerprint density at radius 3 is 2.88 bits per heavy atom. The third-order valence-corrected chi connectivity index (χ3v) is 3.17. The van der Waals surface area contributed by atoms with Crippen LogP contribution in [0.3, 0.4) is 0 Å². The average Bonchev–Trinajstić information content (AvgIpc) is 2.89. The van der Waals surface area contributed by atoms with Crippen molar-refractivity contribution in [2.24, 2.45) is 0 Å². The van der Waals surface area contributed by atoms with Crippen molar-refractivity contribution in [2.45, 2.75) is 25.7 Å². The molecule has 1 N–H and O–H groups in total. The fraction of sp³-hybridized carbons (Fsp3) is 0.615. The van der Waals surface area contributed by atoms with Gasteiger partial charge in [0.2, 0.25) is 0 Å². The topological polar surface area (TPSA) is 45.5 Å². The number of amides is 1. The summed E-state index contributed by atoms with van der Waals surface area (Å²) in [7, 11) is 0. The van der Waals surface area contributed by atoms with Crippen molar-refractivity contribution in [2.75, 3.05) is 26.2 Å². The molecule has 1 saturated heterocycles. The summed E-state index contributed by atoms with van der Waals surface area (Å²) < 4.78 is 4.87. The van der Waals surface area contributed by atoms with E-state index in [1.807, 2.05) is 0 Å². The van der Waals surface area contributed by atoms with Crippen molar-refractivity contribution in [1.82, 2.24) is 10.2 Å². The second-order valence-corrected chi connectivity index (χ2v) is 4.52. The molecule has 0 unspecified atom stereocenters. The molecule has 0 aliphatic carbocycles. The van der Waals surface area contributed by atoms with Gasteiger partial charge >= 0.3 is 0 Å². The monoisotopic (exact) mass is 236 g/mol. The molecule has 17 heavy (non-hydrogen) atoms. The standard InChI is InChI=1S/C13H20N2O2/c16-13(12-5-10-17-11-12)14-6-4-9-15-7-2-1-3-8-15/h5,10-11H,1-4,6-9H2,(H,14,16). The lowest BCUT2D eigenvalue weighted by molar-refractivity contribution is 0.0950. The molecular weight excluding hydrogens is 216 g/mol. The Bertz CT molecular complexity index is 329. The Hall–Kier alpha value is -1.29. The van der Waals surface area contributed by atoms with Gasteiger partial charge in [0.15, 0.2) is 0 Å². The molecule has 1 aliphatic rings. The number of carbonyl (C=O) groups excluding carboxylic acids is 1. The molecule has 0 saturated carbocycles. The molecule has 1 aromatic rings. The smallest absolute Gasteiger partial charge is 0.254 e. The number of carbonyl (C=O) groups is 1. The van der Waals surface area contributed by atoms with Crippen molar-refractivity contribution >= 4 is 5.91 Å². The van der Waals surface area contributed by atoms with Gasteiger partial charge in [-0.15, -0.1) is 0 Å². The van der Waals surface area contributed by atoms with Gasteiger partial charge in [0.1, 0.15) is 6.26 Å². The van der Waals surface area contributed by atoms with Crippen molar-refractivity contribution in [1.29, 1.82) is 0 Å². The summed E-state index contributed by atoms with van der Waals surface area (Å²) in [6.07, 6.45) is 8.02. The van der Waals surface area contributed by atoms with E-state index in [0.717, 1.165) is 19.5 Å². The maximum absolute atomic E-state index is 11.6. The normalized spacial score (nSPS) is 16.9. The molecule has 4 heteroatoms. The second-order valence-electron chi connectivity index (χ2n) is 4.52. The second kappa shape index (κ2) is 6.45. The first kappa shape index (κ1) is 12.2. The molecule has 1 aliphatic heterocycles. The minimum Gasteiger partial charge on any atom is -0.472 e. The van der Waals surface area contributed by atoms with E-state index < -0.39 is 0 Å². The summed E-state index contributed by atoms with van der Waals surface area (Å²) >= 11 is 0. The van der Waals surface area contributed by atoms with Crippen LogP contribution in [-0.4, -0.2) is 37.0 Å². The quantitative estimate of drug-likeness (QED) is 0.794. The Balaban J connectivity index is 1.58. The molecule has 0 atom stereocenters. The van der Waals surface area contributed by atoms with Crippen LogP contribution in [0.1, 0.15) is 36.0 Å². The number of nitrogens with zero attached hydrogens (tertiary/aromatic N) is 1. The fourth-order valence-corrected chi connectivity index (χ4v) is 2.18. The van der Waals surface area contributed by atoms with Crippen molar-refractivity contribution < 1.29 is 9.21 Å². The summed E-state index contributed by atoms with van der Waals surface area (Å²) in [5, 5.41) is 2.90. The zero-order valence-electron chi connectivity index (χ0n) is 10.2. The molecule has 1 fully saturated rings. The van der Waals surface area contributed by atoms with Crippen LogP contribution in [0.4, 0.5) is 0 Å². The summed E-state index contributed by atoms with van der Waals surface area (Å²) in [5.41, 5.74) is 0.600. The van der Waals surface area contributed by atoms with E-state index in [4.69, 9.17) is 4.42 Å². The van der Waals surface area contributed by atoms with E-state index >= 15 is 0 Å². The molecule has 1 amide bonds. The zero-order chi connectivity index (χ0) is 11.9. The maximum atomic E-state index is 11.6. The van der Waals surface area contributed by atoms with Crippen LogP contribution >= 0.6 is 0 Å². The summed E-state index contributed by atoms with van der Waals surface area (Å²) in [4.78, 5) is 14.1. The van der Waals surface area contributed by atoms with Crippen molar-refractivity contribution in [3.8, 4) is 0 Å². The molecule has 0 bridgehead atoms. The fourth-order valence-electron chi connectivity index (χ4n) is 2.18. The van der Waals surface area contributed by atoms with Gasteiger partial charge in [-0.05, 0) is 45.0 Å². The predicted molar refractivity (Wildman–Crippen MR) is 65.9 cm³/mol. The molecule has 2 heterocycles. The van der Waals surface area contributed by atoms with Crippen LogP contribution in [-0.2, 0) is 0 Å². The molecule has 2 rings (SSSR count). The lowest BCUT2D eigenvalue weighted by Crippen LogP contribution is -2.33. The first-order valence-corrected chi connectivity index (χ1v) is 6.39. The zero-order valence-corrected chi connectivity index (χ0v) is 10.2. The van der Waals surface area contributed by atoms with Gasteiger partial charge in [-0.1, -0.05) is 6.42 Å². The van der Waals surface area contributed by atoms with Gasteiger partial charge in [0, 0.05) is 6.54 Å². The highest BCUT2D eigenvalue weighted by molar-refractivity contribution is 5.93. The van der Waals surface area contributed by atoms with E-state index in [-0.39, 0.29) is 5.91 Å². The summed E-state index contributed by atoms with van der Waals surface area (Å²) in [6, 6.07) is 1.68. The largest absolute Gasteiger partial charge is 0.472 e. The van der Waals surface area contributed by atoms with E-state index in [0.29, 0.717) is 5.56 Å². The van der Waals surface area contributed by atoms with Gasteiger partial charge in [0.25, 0.3) is 5.91 Å². The third-order valence-electron chi connectivity index (χ3n) is 3.17. The minimum atomic E-state index is -0.0441. The number of nitrogens with one attached hydrogen (secondary N) is 1. The van der Waals surface area contributed by atoms with Gasteiger partial charge in [-0.25, -0.2) is 0 Å². The molecule has 0 radical (unpaired) electrons. The predicted octanol–water partition coefficient (Wildman–Crippen LogP) is 1.89. The summed E-state index contributed by atoms with van der Waals surface area (Å²) in [5.74, 6) is -0.0441. The molecule has 0 spiro atoms. The summed E-state index contributed by atoms with van der Waals surface area (Å²) in [6.45, 7) is 4.26. The van der Waals surface area contributed by atoms with Gasteiger partial charge in [-0.2, -0.15) is 0 Å². The highest BCUT2D eigenvalue weighted by Crippen LogP contribution is 2.08. The van der Waals surface area contributed by atoms with Crippen LogP contribution in [0.25, 0.3) is 0 Å². The van der Waals surface area contributed by atoms with Crippen molar-refractivity contribution in [3.63, 3.8) is 0 Å². The highest BCUT2D eigenvalue weighted by atomic mass is 16.3. The van der Waals surface area contributed by atoms with E-state index in [1.54, 1.807) is 6.07 Å². The average molecular weight is 236 g/mol. The minimum absolute atomic E-state index is 0.0441. The van der Waals surface area contributed by atoms with E-state index in [9.17, 15) is 4.79 Å². The Labute approximate surface area is 102 Å². The van der Waals surface area contributed by atoms with Crippen LogP contribution in [0.15, 0.2) is 23.0 Å². The number of likely N-dealkylation sites (tertiary alicyclic amines) is 1. The lowest BCUT2D eigenvalue weighted by Gasteiger charge is -2.26. The number of furan rings is 1. The first-order valence-electron chi connectivity index (χ1n) is 6.39. The molecule has 4 nitrogen and oxygen atoms in total. The van der Waals surface area contributed by atoms with Gasteiger partial charge < -0.3 is 14.6 Å².